The van der Waals surface area contributed by atoms with Crippen LogP contribution in [0, 0.1) is 0 Å². The summed E-state index contributed by atoms with van der Waals surface area (Å²) in [4.78, 5) is 23.9. The molecule has 36 heavy (non-hydrogen) atoms. The summed E-state index contributed by atoms with van der Waals surface area (Å²) in [5.41, 5.74) is 2.29. The molecule has 0 bridgehead atoms. The van der Waals surface area contributed by atoms with Gasteiger partial charge in [-0.05, 0) is 69.2 Å². The van der Waals surface area contributed by atoms with E-state index >= 15 is 0 Å². The highest BCUT2D eigenvalue weighted by atomic mass is 79.9. The predicted molar refractivity (Wildman–Crippen MR) is 144 cm³/mol. The molecule has 8 heteroatoms. The van der Waals surface area contributed by atoms with Crippen LogP contribution in [-0.2, 0) is 27.2 Å². The summed E-state index contributed by atoms with van der Waals surface area (Å²) in [5.74, 6) is 0.877. The van der Waals surface area contributed by atoms with Crippen LogP contribution in [0.1, 0.15) is 57.7 Å². The van der Waals surface area contributed by atoms with Crippen molar-refractivity contribution in [2.75, 3.05) is 7.11 Å². The minimum atomic E-state index is -0.581. The molecule has 2 rings (SSSR count). The van der Waals surface area contributed by atoms with Gasteiger partial charge >= 0.3 is 12.1 Å². The van der Waals surface area contributed by atoms with Gasteiger partial charge in [0.2, 0.25) is 0 Å². The van der Waals surface area contributed by atoms with Crippen molar-refractivity contribution < 1.29 is 28.9 Å². The van der Waals surface area contributed by atoms with E-state index in [4.69, 9.17) is 14.2 Å². The van der Waals surface area contributed by atoms with Crippen LogP contribution in [0.4, 0.5) is 4.79 Å². The van der Waals surface area contributed by atoms with Crippen molar-refractivity contribution >= 4 is 33.6 Å². The van der Waals surface area contributed by atoms with Gasteiger partial charge in [0.15, 0.2) is 0 Å². The molecule has 2 aromatic carbocycles. The Morgan fingerprint density at radius 2 is 1.86 bits per heavy atom. The zero-order chi connectivity index (χ0) is 26.9. The number of aliphatic hydroxyl groups is 1. The van der Waals surface area contributed by atoms with Gasteiger partial charge in [0.1, 0.15) is 17.1 Å². The monoisotopic (exact) mass is 559 g/mol. The van der Waals surface area contributed by atoms with E-state index in [1.807, 2.05) is 43.3 Å². The molecule has 0 aliphatic carbocycles. The first-order chi connectivity index (χ1) is 16.9. The number of carbonyl (C=O) groups excluding carboxylic acids is 2. The zero-order valence-electron chi connectivity index (χ0n) is 21.6. The van der Waals surface area contributed by atoms with Crippen molar-refractivity contribution in [2.45, 2.75) is 59.6 Å². The Bertz CT molecular complexity index is 1140. The molecule has 7 nitrogen and oxygen atoms in total. The Balaban J connectivity index is 2.29. The van der Waals surface area contributed by atoms with E-state index in [9.17, 15) is 14.7 Å². The first kappa shape index (κ1) is 29.0. The molecule has 2 N–H and O–H groups in total. The summed E-state index contributed by atoms with van der Waals surface area (Å²) in [6.45, 7) is 9.24. The maximum Gasteiger partial charge on any atom is 0.407 e. The smallest absolute Gasteiger partial charge is 0.407 e. The van der Waals surface area contributed by atoms with E-state index in [2.05, 4.69) is 21.2 Å². The van der Waals surface area contributed by atoms with Crippen LogP contribution in [0.3, 0.4) is 0 Å². The molecule has 0 saturated carbocycles. The Kier molecular flexibility index (Phi) is 10.6. The fraction of sp³-hybridized carbons (Fsp3) is 0.357. The van der Waals surface area contributed by atoms with Crippen LogP contribution in [0.25, 0.3) is 5.57 Å². The zero-order valence-corrected chi connectivity index (χ0v) is 23.2. The molecule has 0 unspecified atom stereocenters. The topological polar surface area (TPSA) is 94.1 Å². The average molecular weight is 560 g/mol. The van der Waals surface area contributed by atoms with Crippen molar-refractivity contribution in [3.63, 3.8) is 0 Å². The third kappa shape index (κ3) is 9.41. The van der Waals surface area contributed by atoms with Gasteiger partial charge < -0.3 is 24.6 Å². The molecule has 194 valence electrons. The number of ether oxygens (including phenoxy) is 3. The maximum atomic E-state index is 12.0. The summed E-state index contributed by atoms with van der Waals surface area (Å²) in [7, 11) is 1.34. The lowest BCUT2D eigenvalue weighted by Crippen LogP contribution is -2.32. The molecule has 1 amide bonds. The van der Waals surface area contributed by atoms with Crippen molar-refractivity contribution in [3.8, 4) is 5.75 Å². The van der Waals surface area contributed by atoms with E-state index in [1.54, 1.807) is 39.8 Å². The highest BCUT2D eigenvalue weighted by molar-refractivity contribution is 9.10. The number of alkyl carbamates (subject to hydrolysis) is 1. The van der Waals surface area contributed by atoms with Crippen LogP contribution >= 0.6 is 15.9 Å². The normalized spacial score (nSPS) is 12.5. The molecule has 0 spiro atoms. The summed E-state index contributed by atoms with van der Waals surface area (Å²) >= 11 is 3.43. The molecule has 0 fully saturated rings. The van der Waals surface area contributed by atoms with Gasteiger partial charge in [0.25, 0.3) is 0 Å². The molecule has 0 radical (unpaired) electrons. The number of allylic oxidation sites excluding steroid dienone is 4. The van der Waals surface area contributed by atoms with Gasteiger partial charge in [-0.1, -0.05) is 41.1 Å². The lowest BCUT2D eigenvalue weighted by atomic mass is 10.0. The molecular weight excluding hydrogens is 526 g/mol. The number of benzene rings is 2. The Morgan fingerprint density at radius 3 is 2.47 bits per heavy atom. The van der Waals surface area contributed by atoms with Gasteiger partial charge in [-0.2, -0.15) is 0 Å². The minimum absolute atomic E-state index is 0.0662. The van der Waals surface area contributed by atoms with E-state index < -0.39 is 11.7 Å². The fourth-order valence-corrected chi connectivity index (χ4v) is 3.66. The van der Waals surface area contributed by atoms with Crippen LogP contribution in [-0.4, -0.2) is 29.9 Å². The molecule has 0 saturated heterocycles. The molecular formula is C28H34BrNO6. The van der Waals surface area contributed by atoms with Gasteiger partial charge in [-0.25, -0.2) is 4.79 Å². The second kappa shape index (κ2) is 13.2. The van der Waals surface area contributed by atoms with Crippen LogP contribution in [0.5, 0.6) is 5.75 Å². The third-order valence-corrected chi connectivity index (χ3v) is 5.44. The quantitative estimate of drug-likeness (QED) is 0.198. The minimum Gasteiger partial charge on any atom is -0.512 e. The predicted octanol–water partition coefficient (Wildman–Crippen LogP) is 6.85. The van der Waals surface area contributed by atoms with Crippen LogP contribution < -0.4 is 10.1 Å². The number of rotatable bonds is 9. The van der Waals surface area contributed by atoms with Crippen molar-refractivity contribution in [3.05, 3.63) is 81.2 Å². The van der Waals surface area contributed by atoms with E-state index in [0.29, 0.717) is 29.1 Å². The number of aliphatic hydroxyl groups excluding tert-OH is 1. The summed E-state index contributed by atoms with van der Waals surface area (Å²) < 4.78 is 17.1. The Hall–Kier alpha value is -3.26. The summed E-state index contributed by atoms with van der Waals surface area (Å²) in [6.07, 6.45) is 1.89. The molecule has 0 aromatic heterocycles. The molecule has 0 aliphatic heterocycles. The number of carbonyl (C=O) groups is 2. The van der Waals surface area contributed by atoms with E-state index in [-0.39, 0.29) is 24.7 Å². The number of nitrogens with one attached hydrogen (secondary N) is 1. The van der Waals surface area contributed by atoms with Gasteiger partial charge in [-0.15, -0.1) is 0 Å². The van der Waals surface area contributed by atoms with Crippen LogP contribution in [0.15, 0.2) is 64.5 Å². The Labute approximate surface area is 221 Å². The Morgan fingerprint density at radius 1 is 1.14 bits per heavy atom. The molecule has 2 aromatic rings. The van der Waals surface area contributed by atoms with E-state index in [0.717, 1.165) is 15.6 Å². The first-order valence-corrected chi connectivity index (χ1v) is 12.4. The third-order valence-electron chi connectivity index (χ3n) is 4.94. The SMILES string of the molecule is CC/C(=C\C(=C(/C)O)c1cccc(CNC(=O)OC(C)(C)C)c1)Oc1ccc(Br)cc1CC(=O)OC. The number of hydrogen-bond acceptors (Lipinski definition) is 6. The fourth-order valence-electron chi connectivity index (χ4n) is 3.25. The summed E-state index contributed by atoms with van der Waals surface area (Å²) in [6, 6.07) is 12.9. The molecule has 0 heterocycles. The number of hydrogen-bond donors (Lipinski definition) is 2. The summed E-state index contributed by atoms with van der Waals surface area (Å²) in [5, 5.41) is 13.2. The number of halogens is 1. The second-order valence-electron chi connectivity index (χ2n) is 9.13. The molecule has 0 atom stereocenters. The maximum absolute atomic E-state index is 12.0. The second-order valence-corrected chi connectivity index (χ2v) is 10.0. The lowest BCUT2D eigenvalue weighted by Gasteiger charge is -2.19. The highest BCUT2D eigenvalue weighted by Crippen LogP contribution is 2.29. The largest absolute Gasteiger partial charge is 0.512 e. The average Bonchev–Trinajstić information content (AvgIpc) is 2.80. The van der Waals surface area contributed by atoms with E-state index in [1.165, 1.54) is 7.11 Å². The van der Waals surface area contributed by atoms with Gasteiger partial charge in [-0.3, -0.25) is 4.79 Å². The van der Waals surface area contributed by atoms with Crippen molar-refractivity contribution in [2.24, 2.45) is 0 Å². The molecule has 0 aliphatic rings. The van der Waals surface area contributed by atoms with Crippen molar-refractivity contribution in [1.82, 2.24) is 5.32 Å². The van der Waals surface area contributed by atoms with Crippen molar-refractivity contribution in [1.29, 1.82) is 0 Å². The number of amides is 1. The van der Waals surface area contributed by atoms with Gasteiger partial charge in [0, 0.05) is 28.6 Å². The standard InChI is InChI=1S/C28H34BrNO6/c1-7-23(35-25-12-11-22(29)14-21(25)15-26(32)34-6)16-24(18(2)31)20-10-8-9-19(13-20)17-30-27(33)36-28(3,4)5/h8-14,16,31H,7,15,17H2,1-6H3,(H,30,33)/b23-16+,24-18-. The van der Waals surface area contributed by atoms with Gasteiger partial charge in [0.05, 0.1) is 19.3 Å². The highest BCUT2D eigenvalue weighted by Gasteiger charge is 2.16. The number of esters is 1. The van der Waals surface area contributed by atoms with Crippen LogP contribution in [0.2, 0.25) is 0 Å². The number of methoxy groups -OCH3 is 1. The first-order valence-electron chi connectivity index (χ1n) is 11.6. The lowest BCUT2D eigenvalue weighted by molar-refractivity contribution is -0.139.